The van der Waals surface area contributed by atoms with Gasteiger partial charge in [-0.05, 0) is 48.5 Å². The second-order valence-electron chi connectivity index (χ2n) is 12.6. The molecule has 51 heavy (non-hydrogen) atoms. The van der Waals surface area contributed by atoms with Crippen molar-refractivity contribution < 1.29 is 4.42 Å². The number of pyridine rings is 1. The number of rotatable bonds is 4. The molecule has 0 bridgehead atoms. The van der Waals surface area contributed by atoms with Crippen LogP contribution in [-0.4, -0.2) is 24.5 Å². The SMILES string of the molecule is c1ccc(-c2nc(-c3cccc4c3sc3cc(-n5c6ccccc6c6cccnc65)ccc34)nc(-c3cccc4oc5ccccc5c34)n2)cc1. The van der Waals surface area contributed by atoms with Gasteiger partial charge in [-0.25, -0.2) is 19.9 Å². The summed E-state index contributed by atoms with van der Waals surface area (Å²) in [5.74, 6) is 1.86. The Bertz CT molecular complexity index is 3100. The van der Waals surface area contributed by atoms with Gasteiger partial charge in [-0.15, -0.1) is 11.3 Å². The van der Waals surface area contributed by atoms with Gasteiger partial charge in [0.1, 0.15) is 16.8 Å². The average Bonchev–Trinajstić information content (AvgIpc) is 3.87. The molecule has 6 nitrogen and oxygen atoms in total. The Labute approximate surface area is 294 Å². The molecule has 0 aliphatic rings. The smallest absolute Gasteiger partial charge is 0.165 e. The first-order chi connectivity index (χ1) is 25.3. The summed E-state index contributed by atoms with van der Waals surface area (Å²) in [6, 6.07) is 50.1. The molecule has 0 aliphatic heterocycles. The summed E-state index contributed by atoms with van der Waals surface area (Å²) in [7, 11) is 0. The molecule has 7 heteroatoms. The van der Waals surface area contributed by atoms with Crippen molar-refractivity contribution in [1.29, 1.82) is 0 Å². The maximum absolute atomic E-state index is 6.24. The van der Waals surface area contributed by atoms with Crippen molar-refractivity contribution >= 4 is 75.4 Å². The normalized spacial score (nSPS) is 11.9. The number of aromatic nitrogens is 5. The van der Waals surface area contributed by atoms with Crippen LogP contribution in [0.5, 0.6) is 0 Å². The van der Waals surface area contributed by atoms with Crippen LogP contribution in [0.3, 0.4) is 0 Å². The van der Waals surface area contributed by atoms with E-state index in [2.05, 4.69) is 83.4 Å². The summed E-state index contributed by atoms with van der Waals surface area (Å²) in [5.41, 5.74) is 7.62. The molecule has 0 radical (unpaired) electrons. The predicted molar refractivity (Wildman–Crippen MR) is 208 cm³/mol. The zero-order chi connectivity index (χ0) is 33.5. The fraction of sp³-hybridized carbons (Fsp3) is 0. The van der Waals surface area contributed by atoms with Crippen molar-refractivity contribution in [1.82, 2.24) is 24.5 Å². The van der Waals surface area contributed by atoms with E-state index in [1.807, 2.05) is 72.9 Å². The third kappa shape index (κ3) is 4.28. The third-order valence-corrected chi connectivity index (χ3v) is 10.9. The lowest BCUT2D eigenvalue weighted by atomic mass is 10.0. The second kappa shape index (κ2) is 10.9. The molecule has 0 unspecified atom stereocenters. The third-order valence-electron chi connectivity index (χ3n) is 9.73. The van der Waals surface area contributed by atoms with Crippen LogP contribution >= 0.6 is 11.3 Å². The van der Waals surface area contributed by atoms with Crippen LogP contribution < -0.4 is 0 Å². The number of para-hydroxylation sites is 2. The van der Waals surface area contributed by atoms with Crippen molar-refractivity contribution in [3.63, 3.8) is 0 Å². The van der Waals surface area contributed by atoms with E-state index in [9.17, 15) is 0 Å². The number of thiophene rings is 1. The molecule has 238 valence electrons. The Morgan fingerprint density at radius 1 is 0.510 bits per heavy atom. The van der Waals surface area contributed by atoms with E-state index in [0.717, 1.165) is 65.6 Å². The van der Waals surface area contributed by atoms with Gasteiger partial charge in [0, 0.05) is 70.3 Å². The molecule has 0 amide bonds. The van der Waals surface area contributed by atoms with E-state index >= 15 is 0 Å². The highest BCUT2D eigenvalue weighted by Gasteiger charge is 2.20. The first-order valence-corrected chi connectivity index (χ1v) is 17.6. The van der Waals surface area contributed by atoms with Gasteiger partial charge in [-0.1, -0.05) is 97.1 Å². The largest absolute Gasteiger partial charge is 0.456 e. The first-order valence-electron chi connectivity index (χ1n) is 16.8. The zero-order valence-electron chi connectivity index (χ0n) is 27.0. The molecule has 5 aromatic heterocycles. The number of hydrogen-bond donors (Lipinski definition) is 0. The number of hydrogen-bond acceptors (Lipinski definition) is 6. The summed E-state index contributed by atoms with van der Waals surface area (Å²) in [5, 5.41) is 6.74. The fourth-order valence-electron chi connectivity index (χ4n) is 7.45. The Morgan fingerprint density at radius 2 is 1.22 bits per heavy atom. The molecule has 6 aromatic carbocycles. The van der Waals surface area contributed by atoms with Crippen LogP contribution in [-0.2, 0) is 0 Å². The molecule has 0 fully saturated rings. The van der Waals surface area contributed by atoms with Gasteiger partial charge in [-0.2, -0.15) is 0 Å². The Hall–Kier alpha value is -6.70. The minimum absolute atomic E-state index is 0.607. The number of furan rings is 1. The molecule has 0 saturated carbocycles. The van der Waals surface area contributed by atoms with Crippen molar-refractivity contribution in [2.24, 2.45) is 0 Å². The van der Waals surface area contributed by atoms with Gasteiger partial charge in [0.15, 0.2) is 17.5 Å². The minimum Gasteiger partial charge on any atom is -0.456 e. The zero-order valence-corrected chi connectivity index (χ0v) is 27.8. The fourth-order valence-corrected chi connectivity index (χ4v) is 8.70. The summed E-state index contributed by atoms with van der Waals surface area (Å²) in [6.07, 6.45) is 1.87. The van der Waals surface area contributed by atoms with Gasteiger partial charge >= 0.3 is 0 Å². The molecule has 11 aromatic rings. The van der Waals surface area contributed by atoms with Crippen LogP contribution in [0.4, 0.5) is 0 Å². The second-order valence-corrected chi connectivity index (χ2v) is 13.7. The molecule has 0 aliphatic carbocycles. The lowest BCUT2D eigenvalue weighted by Crippen LogP contribution is -2.00. The first kappa shape index (κ1) is 28.2. The molecular weight excluding hydrogens is 647 g/mol. The van der Waals surface area contributed by atoms with E-state index in [1.54, 1.807) is 11.3 Å². The summed E-state index contributed by atoms with van der Waals surface area (Å²) >= 11 is 1.77. The predicted octanol–water partition coefficient (Wildman–Crippen LogP) is 11.6. The topological polar surface area (TPSA) is 69.6 Å². The van der Waals surface area contributed by atoms with Crippen LogP contribution in [0.15, 0.2) is 156 Å². The lowest BCUT2D eigenvalue weighted by Gasteiger charge is -2.10. The monoisotopic (exact) mass is 671 g/mol. The van der Waals surface area contributed by atoms with E-state index in [-0.39, 0.29) is 0 Å². The quantitative estimate of drug-likeness (QED) is 0.186. The number of nitrogens with zero attached hydrogens (tertiary/aromatic N) is 5. The van der Waals surface area contributed by atoms with Gasteiger partial charge in [0.25, 0.3) is 0 Å². The highest BCUT2D eigenvalue weighted by molar-refractivity contribution is 7.26. The van der Waals surface area contributed by atoms with Gasteiger partial charge < -0.3 is 4.42 Å². The Kier molecular flexibility index (Phi) is 6.02. The molecule has 0 atom stereocenters. The van der Waals surface area contributed by atoms with Gasteiger partial charge in [0.05, 0.1) is 5.52 Å². The lowest BCUT2D eigenvalue weighted by molar-refractivity contribution is 0.669. The van der Waals surface area contributed by atoms with E-state index in [4.69, 9.17) is 24.4 Å². The Balaban J connectivity index is 1.14. The van der Waals surface area contributed by atoms with E-state index < -0.39 is 0 Å². The van der Waals surface area contributed by atoms with Crippen LogP contribution in [0.1, 0.15) is 0 Å². The molecule has 0 N–H and O–H groups in total. The van der Waals surface area contributed by atoms with Crippen molar-refractivity contribution in [3.05, 3.63) is 152 Å². The van der Waals surface area contributed by atoms with Gasteiger partial charge in [-0.3, -0.25) is 4.57 Å². The maximum atomic E-state index is 6.24. The van der Waals surface area contributed by atoms with Crippen LogP contribution in [0.25, 0.3) is 104 Å². The van der Waals surface area contributed by atoms with E-state index in [0.29, 0.717) is 17.5 Å². The number of fused-ring (bicyclic) bond motifs is 9. The highest BCUT2D eigenvalue weighted by Crippen LogP contribution is 2.42. The van der Waals surface area contributed by atoms with Crippen LogP contribution in [0.2, 0.25) is 0 Å². The van der Waals surface area contributed by atoms with Crippen molar-refractivity contribution in [2.45, 2.75) is 0 Å². The maximum Gasteiger partial charge on any atom is 0.165 e. The molecule has 0 saturated heterocycles. The molecule has 0 spiro atoms. The highest BCUT2D eigenvalue weighted by atomic mass is 32.1. The summed E-state index contributed by atoms with van der Waals surface area (Å²) < 4.78 is 10.8. The van der Waals surface area contributed by atoms with Crippen molar-refractivity contribution in [2.75, 3.05) is 0 Å². The summed E-state index contributed by atoms with van der Waals surface area (Å²) in [6.45, 7) is 0. The summed E-state index contributed by atoms with van der Waals surface area (Å²) in [4.78, 5) is 20.2. The minimum atomic E-state index is 0.607. The molecular formula is C44H25N5OS. The number of benzene rings is 6. The standard InChI is InChI=1S/C44H25N5OS/c1-2-11-26(12-3-1)41-46-42(33-16-9-21-37-39(33)32-14-5-7-20-36(32)50-37)48-43(47-41)34-17-8-15-30-29-23-22-27(25-38(29)51-40(30)34)49-35-19-6-4-13-28(35)31-18-10-24-45-44(31)49/h1-25H. The van der Waals surface area contributed by atoms with E-state index in [1.165, 1.54) is 20.9 Å². The van der Waals surface area contributed by atoms with Crippen LogP contribution in [0, 0.1) is 0 Å². The Morgan fingerprint density at radius 3 is 2.14 bits per heavy atom. The van der Waals surface area contributed by atoms with Gasteiger partial charge in [0.2, 0.25) is 0 Å². The average molecular weight is 672 g/mol. The molecule has 5 heterocycles. The van der Waals surface area contributed by atoms with Crippen molar-refractivity contribution in [3.8, 4) is 39.9 Å². The molecule has 11 rings (SSSR count).